The van der Waals surface area contributed by atoms with Crippen LogP contribution in [0.1, 0.15) is 18.4 Å². The molecule has 2 rings (SSSR count). The number of nitrogens with one attached hydrogen (secondary N) is 1. The standard InChI is InChI=1S/C19H31N3O4/c1-20-19(22(2)8-9-26-13-14-6-7-14)21-12-15-10-16(23-3)18(25-5)17(11-15)24-4/h10-11,14H,6-9,12-13H2,1-5H3,(H,20,21). The minimum absolute atomic E-state index is 0.591. The summed E-state index contributed by atoms with van der Waals surface area (Å²) in [5, 5.41) is 3.36. The molecule has 1 N–H and O–H groups in total. The van der Waals surface area contributed by atoms with Gasteiger partial charge in [-0.05, 0) is 36.5 Å². The maximum Gasteiger partial charge on any atom is 0.203 e. The zero-order valence-corrected chi connectivity index (χ0v) is 16.5. The molecule has 0 saturated heterocycles. The molecule has 1 aliphatic rings. The molecular formula is C19H31N3O4. The van der Waals surface area contributed by atoms with Crippen molar-refractivity contribution in [3.8, 4) is 17.2 Å². The first kappa shape index (κ1) is 20.2. The number of likely N-dealkylation sites (N-methyl/N-ethyl adjacent to an activating group) is 1. The number of hydrogen-bond donors (Lipinski definition) is 1. The van der Waals surface area contributed by atoms with Crippen molar-refractivity contribution in [3.05, 3.63) is 17.7 Å². The second-order valence-electron chi connectivity index (χ2n) is 6.37. The molecule has 0 aliphatic heterocycles. The Morgan fingerprint density at radius 3 is 2.31 bits per heavy atom. The molecule has 1 fully saturated rings. The van der Waals surface area contributed by atoms with E-state index in [4.69, 9.17) is 18.9 Å². The van der Waals surface area contributed by atoms with Gasteiger partial charge in [0.2, 0.25) is 5.75 Å². The molecule has 0 bridgehead atoms. The van der Waals surface area contributed by atoms with Gasteiger partial charge >= 0.3 is 0 Å². The number of aliphatic imine (C=N–C) groups is 1. The van der Waals surface area contributed by atoms with Crippen LogP contribution in [0.25, 0.3) is 0 Å². The molecule has 0 unspecified atom stereocenters. The summed E-state index contributed by atoms with van der Waals surface area (Å²) in [6.45, 7) is 2.97. The molecule has 0 heterocycles. The fourth-order valence-electron chi connectivity index (χ4n) is 2.65. The molecule has 0 spiro atoms. The number of benzene rings is 1. The first-order valence-electron chi connectivity index (χ1n) is 8.91. The lowest BCUT2D eigenvalue weighted by atomic mass is 10.2. The van der Waals surface area contributed by atoms with Gasteiger partial charge in [-0.1, -0.05) is 0 Å². The molecule has 1 aliphatic carbocycles. The zero-order valence-electron chi connectivity index (χ0n) is 16.5. The molecule has 0 amide bonds. The summed E-state index contributed by atoms with van der Waals surface area (Å²) in [6.07, 6.45) is 2.63. The summed E-state index contributed by atoms with van der Waals surface area (Å²) < 4.78 is 21.9. The van der Waals surface area contributed by atoms with Crippen molar-refractivity contribution >= 4 is 5.96 Å². The van der Waals surface area contributed by atoms with Crippen LogP contribution in [0.3, 0.4) is 0 Å². The van der Waals surface area contributed by atoms with E-state index in [0.717, 1.165) is 30.6 Å². The third-order valence-corrected chi connectivity index (χ3v) is 4.37. The Bertz CT molecular complexity index is 577. The summed E-state index contributed by atoms with van der Waals surface area (Å²) in [6, 6.07) is 3.86. The Morgan fingerprint density at radius 1 is 1.15 bits per heavy atom. The van der Waals surface area contributed by atoms with Crippen LogP contribution in [0, 0.1) is 5.92 Å². The van der Waals surface area contributed by atoms with Gasteiger partial charge in [-0.3, -0.25) is 4.99 Å². The summed E-state index contributed by atoms with van der Waals surface area (Å²) in [5.74, 6) is 3.47. The SMILES string of the molecule is CN=C(NCc1cc(OC)c(OC)c(OC)c1)N(C)CCOCC1CC1. The molecule has 26 heavy (non-hydrogen) atoms. The maximum absolute atomic E-state index is 5.70. The monoisotopic (exact) mass is 365 g/mol. The van der Waals surface area contributed by atoms with Gasteiger partial charge in [0.25, 0.3) is 0 Å². The van der Waals surface area contributed by atoms with Gasteiger partial charge in [0.15, 0.2) is 17.5 Å². The quantitative estimate of drug-likeness (QED) is 0.389. The maximum atomic E-state index is 5.70. The fraction of sp³-hybridized carbons (Fsp3) is 0.632. The van der Waals surface area contributed by atoms with Crippen LogP contribution in [0.15, 0.2) is 17.1 Å². The van der Waals surface area contributed by atoms with E-state index in [-0.39, 0.29) is 0 Å². The lowest BCUT2D eigenvalue weighted by Gasteiger charge is -2.22. The highest BCUT2D eigenvalue weighted by Crippen LogP contribution is 2.38. The third kappa shape index (κ3) is 5.69. The van der Waals surface area contributed by atoms with Crippen LogP contribution in [0.5, 0.6) is 17.2 Å². The number of ether oxygens (including phenoxy) is 4. The molecule has 1 aromatic rings. The third-order valence-electron chi connectivity index (χ3n) is 4.37. The van der Waals surface area contributed by atoms with Gasteiger partial charge in [-0.15, -0.1) is 0 Å². The van der Waals surface area contributed by atoms with Crippen molar-refractivity contribution in [1.29, 1.82) is 0 Å². The highest BCUT2D eigenvalue weighted by molar-refractivity contribution is 5.79. The van der Waals surface area contributed by atoms with E-state index in [2.05, 4.69) is 15.2 Å². The van der Waals surface area contributed by atoms with Gasteiger partial charge in [-0.25, -0.2) is 0 Å². The normalized spacial score (nSPS) is 14.1. The van der Waals surface area contributed by atoms with Crippen molar-refractivity contribution in [2.75, 3.05) is 55.2 Å². The van der Waals surface area contributed by atoms with Gasteiger partial charge in [0.05, 0.1) is 27.9 Å². The average molecular weight is 365 g/mol. The van der Waals surface area contributed by atoms with Gasteiger partial charge in [0, 0.05) is 33.8 Å². The number of nitrogens with zero attached hydrogens (tertiary/aromatic N) is 2. The van der Waals surface area contributed by atoms with Crippen LogP contribution < -0.4 is 19.5 Å². The Balaban J connectivity index is 1.90. The van der Waals surface area contributed by atoms with E-state index >= 15 is 0 Å². The van der Waals surface area contributed by atoms with Gasteiger partial charge in [0.1, 0.15) is 0 Å². The smallest absolute Gasteiger partial charge is 0.203 e. The summed E-state index contributed by atoms with van der Waals surface area (Å²) in [7, 11) is 8.61. The van der Waals surface area contributed by atoms with E-state index in [9.17, 15) is 0 Å². The first-order valence-corrected chi connectivity index (χ1v) is 8.91. The van der Waals surface area contributed by atoms with Crippen molar-refractivity contribution < 1.29 is 18.9 Å². The molecule has 1 saturated carbocycles. The second-order valence-corrected chi connectivity index (χ2v) is 6.37. The predicted octanol–water partition coefficient (Wildman–Crippen LogP) is 2.15. The molecule has 7 heteroatoms. The van der Waals surface area contributed by atoms with Crippen LogP contribution in [-0.2, 0) is 11.3 Å². The van der Waals surface area contributed by atoms with E-state index < -0.39 is 0 Å². The highest BCUT2D eigenvalue weighted by Gasteiger charge is 2.21. The Morgan fingerprint density at radius 2 is 1.81 bits per heavy atom. The summed E-state index contributed by atoms with van der Waals surface area (Å²) in [4.78, 5) is 6.40. The predicted molar refractivity (Wildman–Crippen MR) is 102 cm³/mol. The van der Waals surface area contributed by atoms with E-state index in [1.807, 2.05) is 19.2 Å². The topological polar surface area (TPSA) is 64.6 Å². The fourth-order valence-corrected chi connectivity index (χ4v) is 2.65. The summed E-state index contributed by atoms with van der Waals surface area (Å²) >= 11 is 0. The van der Waals surface area contributed by atoms with Crippen LogP contribution in [0.4, 0.5) is 0 Å². The van der Waals surface area contributed by atoms with Crippen molar-refractivity contribution in [2.45, 2.75) is 19.4 Å². The van der Waals surface area contributed by atoms with Gasteiger partial charge in [-0.2, -0.15) is 0 Å². The molecule has 0 radical (unpaired) electrons. The minimum Gasteiger partial charge on any atom is -0.493 e. The highest BCUT2D eigenvalue weighted by atomic mass is 16.5. The van der Waals surface area contributed by atoms with Crippen LogP contribution in [-0.4, -0.2) is 66.0 Å². The second kappa shape index (κ2) is 10.1. The number of guanidine groups is 1. The van der Waals surface area contributed by atoms with E-state index in [0.29, 0.717) is 30.4 Å². The van der Waals surface area contributed by atoms with E-state index in [1.54, 1.807) is 28.4 Å². The Hall–Kier alpha value is -2.15. The van der Waals surface area contributed by atoms with Gasteiger partial charge < -0.3 is 29.2 Å². The van der Waals surface area contributed by atoms with Crippen molar-refractivity contribution in [1.82, 2.24) is 10.2 Å². The van der Waals surface area contributed by atoms with Crippen molar-refractivity contribution in [2.24, 2.45) is 10.9 Å². The lowest BCUT2D eigenvalue weighted by Crippen LogP contribution is -2.40. The first-order chi connectivity index (χ1) is 12.6. The Labute approximate surface area is 156 Å². The van der Waals surface area contributed by atoms with E-state index in [1.165, 1.54) is 12.8 Å². The molecule has 1 aromatic carbocycles. The Kier molecular flexibility index (Phi) is 7.84. The number of hydrogen-bond acceptors (Lipinski definition) is 5. The van der Waals surface area contributed by atoms with Crippen LogP contribution >= 0.6 is 0 Å². The van der Waals surface area contributed by atoms with Crippen LogP contribution in [0.2, 0.25) is 0 Å². The number of methoxy groups -OCH3 is 3. The lowest BCUT2D eigenvalue weighted by molar-refractivity contribution is 0.115. The molecular weight excluding hydrogens is 334 g/mol. The van der Waals surface area contributed by atoms with Crippen molar-refractivity contribution in [3.63, 3.8) is 0 Å². The average Bonchev–Trinajstić information content (AvgIpc) is 3.49. The zero-order chi connectivity index (χ0) is 18.9. The largest absolute Gasteiger partial charge is 0.493 e. The minimum atomic E-state index is 0.591. The molecule has 146 valence electrons. The summed E-state index contributed by atoms with van der Waals surface area (Å²) in [5.41, 5.74) is 1.01. The molecule has 0 aromatic heterocycles. The molecule has 0 atom stereocenters. The molecule has 7 nitrogen and oxygen atoms in total. The number of rotatable bonds is 10.